The Bertz CT molecular complexity index is 733. The van der Waals surface area contributed by atoms with Gasteiger partial charge in [-0.3, -0.25) is 4.79 Å². The summed E-state index contributed by atoms with van der Waals surface area (Å²) in [4.78, 5) is 12.0. The highest BCUT2D eigenvalue weighted by molar-refractivity contribution is 9.11. The summed E-state index contributed by atoms with van der Waals surface area (Å²) in [6, 6.07) is 10.2. The molecule has 0 unspecified atom stereocenters. The molecule has 7 heteroatoms. The molecule has 0 aliphatic carbocycles. The lowest BCUT2D eigenvalue weighted by atomic mass is 10.2. The molecular formula is C15H12Br2N2O3. The first kappa shape index (κ1) is 16.5. The van der Waals surface area contributed by atoms with Crippen LogP contribution in [0, 0.1) is 0 Å². The Morgan fingerprint density at radius 2 is 2.05 bits per heavy atom. The third-order valence-electron chi connectivity index (χ3n) is 2.78. The second kappa shape index (κ2) is 7.42. The number of nitrogens with one attached hydrogen (secondary N) is 1. The van der Waals surface area contributed by atoms with Crippen LogP contribution >= 0.6 is 31.9 Å². The molecular weight excluding hydrogens is 416 g/mol. The van der Waals surface area contributed by atoms with Crippen molar-refractivity contribution in [2.75, 3.05) is 7.11 Å². The van der Waals surface area contributed by atoms with Gasteiger partial charge in [-0.2, -0.15) is 5.10 Å². The van der Waals surface area contributed by atoms with Crippen molar-refractivity contribution in [1.29, 1.82) is 0 Å². The first-order chi connectivity index (χ1) is 10.5. The van der Waals surface area contributed by atoms with E-state index in [1.807, 2.05) is 0 Å². The van der Waals surface area contributed by atoms with Gasteiger partial charge in [0, 0.05) is 10.0 Å². The van der Waals surface area contributed by atoms with Crippen LogP contribution < -0.4 is 10.2 Å². The van der Waals surface area contributed by atoms with Crippen molar-refractivity contribution >= 4 is 44.0 Å². The molecule has 2 rings (SSSR count). The van der Waals surface area contributed by atoms with Crippen molar-refractivity contribution in [2.24, 2.45) is 5.10 Å². The fourth-order valence-corrected chi connectivity index (χ4v) is 3.00. The first-order valence-electron chi connectivity index (χ1n) is 6.17. The molecule has 0 fully saturated rings. The molecule has 0 radical (unpaired) electrons. The lowest BCUT2D eigenvalue weighted by Crippen LogP contribution is -2.18. The fraction of sp³-hybridized carbons (Fsp3) is 0.0667. The van der Waals surface area contributed by atoms with Crippen LogP contribution in [0.5, 0.6) is 11.5 Å². The van der Waals surface area contributed by atoms with Gasteiger partial charge in [0.1, 0.15) is 11.5 Å². The summed E-state index contributed by atoms with van der Waals surface area (Å²) in [5.74, 6) is 0.101. The number of benzene rings is 2. The molecule has 114 valence electrons. The summed E-state index contributed by atoms with van der Waals surface area (Å²) in [6.45, 7) is 0. The number of rotatable bonds is 4. The maximum absolute atomic E-state index is 12.0. The molecule has 2 aromatic carbocycles. The summed E-state index contributed by atoms with van der Waals surface area (Å²) in [5.41, 5.74) is 3.23. The SMILES string of the molecule is COc1ccccc1C(=O)N/N=C\c1cc(Br)cc(Br)c1O. The predicted molar refractivity (Wildman–Crippen MR) is 91.6 cm³/mol. The maximum Gasteiger partial charge on any atom is 0.275 e. The summed E-state index contributed by atoms with van der Waals surface area (Å²) in [6.07, 6.45) is 1.36. The highest BCUT2D eigenvalue weighted by Crippen LogP contribution is 2.30. The van der Waals surface area contributed by atoms with Gasteiger partial charge in [0.15, 0.2) is 0 Å². The number of carbonyl (C=O) groups excluding carboxylic acids is 1. The van der Waals surface area contributed by atoms with Crippen LogP contribution in [0.25, 0.3) is 0 Å². The monoisotopic (exact) mass is 426 g/mol. The summed E-state index contributed by atoms with van der Waals surface area (Å²) in [5, 5.41) is 13.7. The van der Waals surface area contributed by atoms with E-state index in [-0.39, 0.29) is 5.75 Å². The number of para-hydroxylation sites is 1. The second-order valence-corrected chi connectivity index (χ2v) is 5.99. The number of nitrogens with zero attached hydrogens (tertiary/aromatic N) is 1. The molecule has 0 heterocycles. The smallest absolute Gasteiger partial charge is 0.275 e. The summed E-state index contributed by atoms with van der Waals surface area (Å²) < 4.78 is 6.42. The second-order valence-electron chi connectivity index (χ2n) is 4.22. The van der Waals surface area contributed by atoms with Crippen molar-refractivity contribution in [3.8, 4) is 11.5 Å². The average Bonchev–Trinajstić information content (AvgIpc) is 2.51. The minimum absolute atomic E-state index is 0.0403. The van der Waals surface area contributed by atoms with Gasteiger partial charge >= 0.3 is 0 Å². The van der Waals surface area contributed by atoms with E-state index >= 15 is 0 Å². The standard InChI is InChI=1S/C15H12Br2N2O3/c1-22-13-5-3-2-4-11(13)15(21)19-18-8-9-6-10(16)7-12(17)14(9)20/h2-8,20H,1H3,(H,19,21)/b18-8-. The van der Waals surface area contributed by atoms with Crippen molar-refractivity contribution in [3.05, 3.63) is 56.5 Å². The van der Waals surface area contributed by atoms with Gasteiger partial charge in [0.05, 0.1) is 23.4 Å². The average molecular weight is 428 g/mol. The molecule has 5 nitrogen and oxygen atoms in total. The van der Waals surface area contributed by atoms with Crippen LogP contribution in [0.2, 0.25) is 0 Å². The van der Waals surface area contributed by atoms with E-state index in [4.69, 9.17) is 4.74 Å². The highest BCUT2D eigenvalue weighted by atomic mass is 79.9. The molecule has 0 aliphatic heterocycles. The molecule has 0 bridgehead atoms. The quantitative estimate of drug-likeness (QED) is 0.577. The van der Waals surface area contributed by atoms with E-state index in [0.717, 1.165) is 4.47 Å². The van der Waals surface area contributed by atoms with E-state index in [2.05, 4.69) is 42.4 Å². The first-order valence-corrected chi connectivity index (χ1v) is 7.76. The molecule has 0 aromatic heterocycles. The largest absolute Gasteiger partial charge is 0.506 e. The number of amides is 1. The number of halogens is 2. The normalized spacial score (nSPS) is 10.7. The molecule has 0 aliphatic rings. The van der Waals surface area contributed by atoms with Crippen LogP contribution in [0.4, 0.5) is 0 Å². The number of methoxy groups -OCH3 is 1. The van der Waals surface area contributed by atoms with E-state index in [9.17, 15) is 9.90 Å². The zero-order chi connectivity index (χ0) is 16.1. The Kier molecular flexibility index (Phi) is 5.57. The molecule has 1 amide bonds. The number of phenolic OH excluding ortho intramolecular Hbond substituents is 1. The molecule has 0 spiro atoms. The van der Waals surface area contributed by atoms with E-state index in [1.165, 1.54) is 13.3 Å². The van der Waals surface area contributed by atoms with E-state index < -0.39 is 5.91 Å². The van der Waals surface area contributed by atoms with Crippen molar-refractivity contribution in [3.63, 3.8) is 0 Å². The Morgan fingerprint density at radius 1 is 1.32 bits per heavy atom. The van der Waals surface area contributed by atoms with Crippen LogP contribution in [0.1, 0.15) is 15.9 Å². The van der Waals surface area contributed by atoms with Gasteiger partial charge in [-0.05, 0) is 40.2 Å². The number of aromatic hydroxyl groups is 1. The summed E-state index contributed by atoms with van der Waals surface area (Å²) in [7, 11) is 1.49. The van der Waals surface area contributed by atoms with Gasteiger partial charge in [-0.25, -0.2) is 5.43 Å². The third-order valence-corrected chi connectivity index (χ3v) is 3.84. The van der Waals surface area contributed by atoms with Crippen molar-refractivity contribution in [2.45, 2.75) is 0 Å². The molecule has 2 aromatic rings. The van der Waals surface area contributed by atoms with E-state index in [1.54, 1.807) is 36.4 Å². The lowest BCUT2D eigenvalue weighted by molar-refractivity contribution is 0.0952. The number of carbonyl (C=O) groups is 1. The number of hydrogen-bond acceptors (Lipinski definition) is 4. The molecule has 2 N–H and O–H groups in total. The Morgan fingerprint density at radius 3 is 2.77 bits per heavy atom. The summed E-state index contributed by atoms with van der Waals surface area (Å²) >= 11 is 6.54. The Labute approximate surface area is 144 Å². The van der Waals surface area contributed by atoms with Crippen molar-refractivity contribution < 1.29 is 14.6 Å². The minimum atomic E-state index is -0.401. The van der Waals surface area contributed by atoms with Crippen LogP contribution in [-0.4, -0.2) is 24.3 Å². The molecule has 0 saturated carbocycles. The number of phenols is 1. The molecule has 0 atom stereocenters. The molecule has 22 heavy (non-hydrogen) atoms. The van der Waals surface area contributed by atoms with Gasteiger partial charge < -0.3 is 9.84 Å². The van der Waals surface area contributed by atoms with Gasteiger partial charge in [-0.1, -0.05) is 28.1 Å². The zero-order valence-electron chi connectivity index (χ0n) is 11.5. The van der Waals surface area contributed by atoms with Gasteiger partial charge in [-0.15, -0.1) is 0 Å². The number of ether oxygens (including phenoxy) is 1. The highest BCUT2D eigenvalue weighted by Gasteiger charge is 2.10. The van der Waals surface area contributed by atoms with E-state index in [0.29, 0.717) is 21.3 Å². The van der Waals surface area contributed by atoms with Crippen molar-refractivity contribution in [1.82, 2.24) is 5.43 Å². The lowest BCUT2D eigenvalue weighted by Gasteiger charge is -2.06. The zero-order valence-corrected chi connectivity index (χ0v) is 14.7. The Balaban J connectivity index is 2.14. The molecule has 0 saturated heterocycles. The maximum atomic E-state index is 12.0. The van der Waals surface area contributed by atoms with Crippen LogP contribution in [0.3, 0.4) is 0 Å². The topological polar surface area (TPSA) is 70.9 Å². The van der Waals surface area contributed by atoms with Gasteiger partial charge in [0.2, 0.25) is 0 Å². The fourth-order valence-electron chi connectivity index (χ4n) is 1.74. The number of hydrazone groups is 1. The van der Waals surface area contributed by atoms with Gasteiger partial charge in [0.25, 0.3) is 5.91 Å². The number of hydrogen-bond donors (Lipinski definition) is 2. The Hall–Kier alpha value is -1.86. The van der Waals surface area contributed by atoms with Crippen LogP contribution in [-0.2, 0) is 0 Å². The third kappa shape index (κ3) is 3.86. The minimum Gasteiger partial charge on any atom is -0.506 e. The predicted octanol–water partition coefficient (Wildman–Crippen LogP) is 3.69. The van der Waals surface area contributed by atoms with Crippen LogP contribution in [0.15, 0.2) is 50.4 Å².